The molecule has 0 aliphatic carbocycles. The predicted molar refractivity (Wildman–Crippen MR) is 30.1 cm³/mol. The second-order valence-corrected chi connectivity index (χ2v) is 2.94. The molecule has 1 N–H and O–H groups in total. The van der Waals surface area contributed by atoms with Crippen LogP contribution in [0.25, 0.3) is 0 Å². The summed E-state index contributed by atoms with van der Waals surface area (Å²) in [5, 5.41) is 2.99. The van der Waals surface area contributed by atoms with Gasteiger partial charge in [-0.15, -0.1) is 0 Å². The molecule has 1 aliphatic heterocycles. The van der Waals surface area contributed by atoms with E-state index in [1.807, 2.05) is 0 Å². The van der Waals surface area contributed by atoms with Crippen LogP contribution in [-0.4, -0.2) is 27.6 Å². The summed E-state index contributed by atoms with van der Waals surface area (Å²) in [5.41, 5.74) is 0. The maximum Gasteiger partial charge on any atom is 1.00 e. The molecule has 0 amide bonds. The van der Waals surface area contributed by atoms with E-state index in [1.54, 1.807) is 0 Å². The van der Waals surface area contributed by atoms with Crippen LogP contribution in [0.3, 0.4) is 0 Å². The molecule has 1 heterocycles. The van der Waals surface area contributed by atoms with Gasteiger partial charge in [0.25, 0.3) is 0 Å². The molecular formula is C4H8NNaO2S. The minimum Gasteiger partial charge on any atom is -0.772 e. The first kappa shape index (κ1) is 10.1. The Bertz CT molecular complexity index is 107. The van der Waals surface area contributed by atoms with E-state index in [9.17, 15) is 8.76 Å². The number of nitrogens with one attached hydrogen (secondary N) is 1. The summed E-state index contributed by atoms with van der Waals surface area (Å²) in [6, 6.07) is 0. The Morgan fingerprint density at radius 3 is 2.33 bits per heavy atom. The van der Waals surface area contributed by atoms with E-state index in [0.717, 1.165) is 13.1 Å². The molecule has 1 aliphatic rings. The molecule has 0 bridgehead atoms. The number of hydrogen-bond acceptors (Lipinski definition) is 3. The summed E-state index contributed by atoms with van der Waals surface area (Å²) in [7, 11) is 0. The van der Waals surface area contributed by atoms with Crippen LogP contribution in [0.4, 0.5) is 0 Å². The van der Waals surface area contributed by atoms with Gasteiger partial charge in [0.1, 0.15) is 0 Å². The van der Waals surface area contributed by atoms with E-state index in [1.165, 1.54) is 0 Å². The second-order valence-electron chi connectivity index (χ2n) is 1.99. The Hall–Kier alpha value is 1.07. The predicted octanol–water partition coefficient (Wildman–Crippen LogP) is -3.91. The van der Waals surface area contributed by atoms with Crippen LogP contribution >= 0.6 is 0 Å². The first-order valence-corrected chi connectivity index (χ1v) is 3.80. The van der Waals surface area contributed by atoms with Crippen LogP contribution in [0.15, 0.2) is 0 Å². The van der Waals surface area contributed by atoms with Crippen molar-refractivity contribution in [3.8, 4) is 0 Å². The van der Waals surface area contributed by atoms with Gasteiger partial charge in [0.05, 0.1) is 0 Å². The SMILES string of the molecule is O=S([O-])CC1CNC1.[Na+]. The maximum atomic E-state index is 9.97. The molecule has 0 saturated carbocycles. The van der Waals surface area contributed by atoms with Gasteiger partial charge in [-0.2, -0.15) is 0 Å². The molecule has 1 atom stereocenters. The molecule has 0 aromatic heterocycles. The normalized spacial score (nSPS) is 21.9. The van der Waals surface area contributed by atoms with Crippen molar-refractivity contribution in [2.24, 2.45) is 5.92 Å². The standard InChI is InChI=1S/C4H9NO2S.Na/c6-8(7)3-4-1-5-2-4;/h4-5H,1-3H2,(H,6,7);/q;+1/p-1. The van der Waals surface area contributed by atoms with Crippen molar-refractivity contribution in [3.05, 3.63) is 0 Å². The average molecular weight is 157 g/mol. The molecule has 0 aromatic rings. The van der Waals surface area contributed by atoms with Gasteiger partial charge < -0.3 is 9.87 Å². The van der Waals surface area contributed by atoms with Crippen molar-refractivity contribution in [2.75, 3.05) is 18.8 Å². The summed E-state index contributed by atoms with van der Waals surface area (Å²) in [6.45, 7) is 1.74. The summed E-state index contributed by atoms with van der Waals surface area (Å²) >= 11 is -1.83. The largest absolute Gasteiger partial charge is 1.00 e. The first-order chi connectivity index (χ1) is 3.79. The summed E-state index contributed by atoms with van der Waals surface area (Å²) in [5.74, 6) is 0.709. The number of rotatable bonds is 2. The van der Waals surface area contributed by atoms with Crippen LogP contribution in [0, 0.1) is 5.92 Å². The molecule has 1 fully saturated rings. The number of hydrogen-bond donors (Lipinski definition) is 1. The zero-order valence-electron chi connectivity index (χ0n) is 5.42. The molecule has 48 valence electrons. The van der Waals surface area contributed by atoms with E-state index in [4.69, 9.17) is 0 Å². The molecule has 0 radical (unpaired) electrons. The molecule has 3 nitrogen and oxygen atoms in total. The molecule has 1 rings (SSSR count). The van der Waals surface area contributed by atoms with E-state index >= 15 is 0 Å². The minimum atomic E-state index is -1.83. The zero-order chi connectivity index (χ0) is 5.98. The molecular weight excluding hydrogens is 149 g/mol. The second kappa shape index (κ2) is 4.82. The fourth-order valence-electron chi connectivity index (χ4n) is 0.659. The Balaban J connectivity index is 0.000000640. The third-order valence-corrected chi connectivity index (χ3v) is 1.98. The Morgan fingerprint density at radius 2 is 2.22 bits per heavy atom. The third-order valence-electron chi connectivity index (χ3n) is 1.24. The van der Waals surface area contributed by atoms with E-state index in [0.29, 0.717) is 11.7 Å². The van der Waals surface area contributed by atoms with Gasteiger partial charge in [0, 0.05) is 18.8 Å². The van der Waals surface area contributed by atoms with Gasteiger partial charge in [0.2, 0.25) is 0 Å². The van der Waals surface area contributed by atoms with Crippen LogP contribution < -0.4 is 34.9 Å². The molecule has 1 saturated heterocycles. The first-order valence-electron chi connectivity index (χ1n) is 2.55. The van der Waals surface area contributed by atoms with Crippen LogP contribution in [0.2, 0.25) is 0 Å². The van der Waals surface area contributed by atoms with Crippen LogP contribution in [0.5, 0.6) is 0 Å². The smallest absolute Gasteiger partial charge is 0.772 e. The van der Waals surface area contributed by atoms with Gasteiger partial charge in [-0.3, -0.25) is 4.21 Å². The van der Waals surface area contributed by atoms with E-state index in [2.05, 4.69) is 5.32 Å². The van der Waals surface area contributed by atoms with Gasteiger partial charge in [-0.05, 0) is 5.92 Å². The van der Waals surface area contributed by atoms with Crippen LogP contribution in [-0.2, 0) is 11.1 Å². The fraction of sp³-hybridized carbons (Fsp3) is 1.00. The van der Waals surface area contributed by atoms with E-state index < -0.39 is 11.1 Å². The Kier molecular flexibility index (Phi) is 5.39. The Labute approximate surface area is 79.2 Å². The molecule has 0 spiro atoms. The van der Waals surface area contributed by atoms with Gasteiger partial charge in [0.15, 0.2) is 0 Å². The van der Waals surface area contributed by atoms with Gasteiger partial charge in [-0.25, -0.2) is 0 Å². The van der Waals surface area contributed by atoms with Crippen molar-refractivity contribution in [1.82, 2.24) is 5.32 Å². The van der Waals surface area contributed by atoms with Gasteiger partial charge >= 0.3 is 29.6 Å². The zero-order valence-corrected chi connectivity index (χ0v) is 8.24. The average Bonchev–Trinajstić information content (AvgIpc) is 1.55. The summed E-state index contributed by atoms with van der Waals surface area (Å²) in [6.07, 6.45) is 0. The van der Waals surface area contributed by atoms with Crippen LogP contribution in [0.1, 0.15) is 0 Å². The minimum absolute atomic E-state index is 0. The summed E-state index contributed by atoms with van der Waals surface area (Å²) < 4.78 is 19.9. The Morgan fingerprint density at radius 1 is 1.67 bits per heavy atom. The van der Waals surface area contributed by atoms with Crippen molar-refractivity contribution in [3.63, 3.8) is 0 Å². The maximum absolute atomic E-state index is 9.97. The molecule has 1 unspecified atom stereocenters. The quantitative estimate of drug-likeness (QED) is 0.329. The molecule has 5 heteroatoms. The van der Waals surface area contributed by atoms with E-state index in [-0.39, 0.29) is 29.6 Å². The van der Waals surface area contributed by atoms with Crippen molar-refractivity contribution >= 4 is 11.1 Å². The van der Waals surface area contributed by atoms with Crippen molar-refractivity contribution in [1.29, 1.82) is 0 Å². The summed E-state index contributed by atoms with van der Waals surface area (Å²) in [4.78, 5) is 0. The van der Waals surface area contributed by atoms with Crippen molar-refractivity contribution in [2.45, 2.75) is 0 Å². The molecule has 0 aromatic carbocycles. The fourth-order valence-corrected chi connectivity index (χ4v) is 1.28. The van der Waals surface area contributed by atoms with Crippen molar-refractivity contribution < 1.29 is 38.3 Å². The topological polar surface area (TPSA) is 52.2 Å². The monoisotopic (exact) mass is 157 g/mol. The third kappa shape index (κ3) is 3.70. The van der Waals surface area contributed by atoms with Gasteiger partial charge in [-0.1, -0.05) is 11.1 Å². The molecule has 9 heavy (non-hydrogen) atoms.